The molecule has 0 unspecified atom stereocenters. The van der Waals surface area contributed by atoms with Gasteiger partial charge < -0.3 is 19.5 Å². The summed E-state index contributed by atoms with van der Waals surface area (Å²) in [7, 11) is 0. The van der Waals surface area contributed by atoms with Crippen molar-refractivity contribution in [3.63, 3.8) is 0 Å². The second kappa shape index (κ2) is 7.63. The molecule has 5 heteroatoms. The normalized spacial score (nSPS) is 18.2. The number of carbonyl (C=O) groups is 1. The Labute approximate surface area is 103 Å². The van der Waals surface area contributed by atoms with Crippen molar-refractivity contribution in [3.8, 4) is 0 Å². The number of ether oxygens (including phenoxy) is 3. The monoisotopic (exact) mass is 245 g/mol. The van der Waals surface area contributed by atoms with Crippen molar-refractivity contribution in [3.05, 3.63) is 0 Å². The van der Waals surface area contributed by atoms with Gasteiger partial charge in [0.05, 0.1) is 26.2 Å². The molecule has 0 atom stereocenters. The van der Waals surface area contributed by atoms with Crippen LogP contribution in [0, 0.1) is 0 Å². The minimum Gasteiger partial charge on any atom is -0.466 e. The molecule has 0 bridgehead atoms. The van der Waals surface area contributed by atoms with Gasteiger partial charge in [-0.1, -0.05) is 0 Å². The highest BCUT2D eigenvalue weighted by Gasteiger charge is 2.29. The molecule has 0 radical (unpaired) electrons. The van der Waals surface area contributed by atoms with E-state index in [1.807, 2.05) is 13.8 Å². The van der Waals surface area contributed by atoms with E-state index in [2.05, 4.69) is 5.32 Å². The molecule has 0 aromatic rings. The average Bonchev–Trinajstić information content (AvgIpc) is 2.71. The number of rotatable bonds is 8. The Morgan fingerprint density at radius 1 is 1.35 bits per heavy atom. The Morgan fingerprint density at radius 2 is 2.06 bits per heavy atom. The molecule has 1 aliphatic heterocycles. The van der Waals surface area contributed by atoms with E-state index in [0.29, 0.717) is 32.8 Å². The van der Waals surface area contributed by atoms with Crippen LogP contribution in [0.3, 0.4) is 0 Å². The van der Waals surface area contributed by atoms with E-state index in [1.165, 1.54) is 0 Å². The van der Waals surface area contributed by atoms with Gasteiger partial charge in [0, 0.05) is 13.0 Å². The van der Waals surface area contributed by atoms with Gasteiger partial charge in [-0.3, -0.25) is 4.79 Å². The highest BCUT2D eigenvalue weighted by Crippen LogP contribution is 2.23. The number of hydrogen-bond donors (Lipinski definition) is 1. The highest BCUT2D eigenvalue weighted by atomic mass is 16.7. The van der Waals surface area contributed by atoms with E-state index in [-0.39, 0.29) is 5.97 Å². The number of carbonyl (C=O) groups excluding carboxylic acids is 1. The Kier molecular flexibility index (Phi) is 6.47. The summed E-state index contributed by atoms with van der Waals surface area (Å²) in [5, 5.41) is 3.20. The van der Waals surface area contributed by atoms with E-state index in [0.717, 1.165) is 19.4 Å². The molecule has 1 N–H and O–H groups in total. The van der Waals surface area contributed by atoms with Gasteiger partial charge in [-0.2, -0.15) is 0 Å². The molecule has 17 heavy (non-hydrogen) atoms. The fourth-order valence-corrected chi connectivity index (χ4v) is 1.78. The molecule has 1 saturated heterocycles. The Morgan fingerprint density at radius 3 is 2.71 bits per heavy atom. The van der Waals surface area contributed by atoms with Gasteiger partial charge in [0.1, 0.15) is 0 Å². The van der Waals surface area contributed by atoms with Crippen molar-refractivity contribution in [2.75, 3.05) is 32.9 Å². The maximum atomic E-state index is 11.0. The fraction of sp³-hybridized carbons (Fsp3) is 0.917. The minimum atomic E-state index is -0.400. The van der Waals surface area contributed by atoms with Crippen LogP contribution in [0.2, 0.25) is 0 Å². The molecule has 0 spiro atoms. The summed E-state index contributed by atoms with van der Waals surface area (Å²) >= 11 is 0. The van der Waals surface area contributed by atoms with Gasteiger partial charge in [0.2, 0.25) is 0 Å². The largest absolute Gasteiger partial charge is 0.466 e. The van der Waals surface area contributed by atoms with Gasteiger partial charge in [-0.25, -0.2) is 0 Å². The molecule has 0 saturated carbocycles. The molecule has 0 aliphatic carbocycles. The molecule has 0 amide bonds. The van der Waals surface area contributed by atoms with E-state index in [1.54, 1.807) is 0 Å². The van der Waals surface area contributed by atoms with Crippen LogP contribution in [0.5, 0.6) is 0 Å². The molecule has 1 rings (SSSR count). The number of hydrogen-bond acceptors (Lipinski definition) is 5. The highest BCUT2D eigenvalue weighted by molar-refractivity contribution is 5.69. The van der Waals surface area contributed by atoms with E-state index in [4.69, 9.17) is 14.2 Å². The van der Waals surface area contributed by atoms with Crippen molar-refractivity contribution in [2.45, 2.75) is 38.9 Å². The zero-order chi connectivity index (χ0) is 12.6. The van der Waals surface area contributed by atoms with Crippen LogP contribution < -0.4 is 5.32 Å². The van der Waals surface area contributed by atoms with E-state index in [9.17, 15) is 4.79 Å². The molecular weight excluding hydrogens is 222 g/mol. The lowest BCUT2D eigenvalue weighted by atomic mass is 10.1. The second-order valence-electron chi connectivity index (χ2n) is 4.24. The lowest BCUT2D eigenvalue weighted by Crippen LogP contribution is -2.28. The molecule has 0 aromatic carbocycles. The third-order valence-electron chi connectivity index (χ3n) is 2.69. The standard InChI is InChI=1S/C12H23NO4/c1-3-15-11(14)5-8-13-7-4-6-12(2)16-9-10-17-12/h13H,3-10H2,1-2H3. The summed E-state index contributed by atoms with van der Waals surface area (Å²) in [5.74, 6) is -0.544. The van der Waals surface area contributed by atoms with Gasteiger partial charge in [-0.05, 0) is 26.8 Å². The fourth-order valence-electron chi connectivity index (χ4n) is 1.78. The summed E-state index contributed by atoms with van der Waals surface area (Å²) in [4.78, 5) is 11.0. The van der Waals surface area contributed by atoms with Gasteiger partial charge in [0.25, 0.3) is 0 Å². The van der Waals surface area contributed by atoms with Crippen LogP contribution in [0.15, 0.2) is 0 Å². The summed E-state index contributed by atoms with van der Waals surface area (Å²) in [6.07, 6.45) is 2.27. The van der Waals surface area contributed by atoms with Gasteiger partial charge in [0.15, 0.2) is 5.79 Å². The summed E-state index contributed by atoms with van der Waals surface area (Å²) in [6, 6.07) is 0. The van der Waals surface area contributed by atoms with Crippen LogP contribution in [0.1, 0.15) is 33.1 Å². The van der Waals surface area contributed by atoms with E-state index < -0.39 is 5.79 Å². The van der Waals surface area contributed by atoms with E-state index >= 15 is 0 Å². The molecule has 0 aromatic heterocycles. The van der Waals surface area contributed by atoms with Crippen molar-refractivity contribution in [1.82, 2.24) is 5.32 Å². The van der Waals surface area contributed by atoms with Crippen molar-refractivity contribution in [2.24, 2.45) is 0 Å². The quantitative estimate of drug-likeness (QED) is 0.512. The minimum absolute atomic E-state index is 0.144. The molecule has 1 heterocycles. The topological polar surface area (TPSA) is 56.8 Å². The van der Waals surface area contributed by atoms with Crippen molar-refractivity contribution >= 4 is 5.97 Å². The molecule has 1 fully saturated rings. The maximum absolute atomic E-state index is 11.0. The summed E-state index contributed by atoms with van der Waals surface area (Å²) in [5.41, 5.74) is 0. The zero-order valence-corrected chi connectivity index (χ0v) is 10.8. The first-order chi connectivity index (χ1) is 8.16. The molecular formula is C12H23NO4. The smallest absolute Gasteiger partial charge is 0.307 e. The van der Waals surface area contributed by atoms with Crippen LogP contribution in [-0.2, 0) is 19.0 Å². The third kappa shape index (κ3) is 6.00. The first kappa shape index (κ1) is 14.4. The van der Waals surface area contributed by atoms with Crippen molar-refractivity contribution < 1.29 is 19.0 Å². The second-order valence-corrected chi connectivity index (χ2v) is 4.24. The zero-order valence-electron chi connectivity index (χ0n) is 10.8. The summed E-state index contributed by atoms with van der Waals surface area (Å²) < 4.78 is 15.8. The van der Waals surface area contributed by atoms with Gasteiger partial charge in [-0.15, -0.1) is 0 Å². The number of nitrogens with one attached hydrogen (secondary N) is 1. The lowest BCUT2D eigenvalue weighted by Gasteiger charge is -2.21. The Balaban J connectivity index is 1.92. The predicted molar refractivity (Wildman–Crippen MR) is 63.7 cm³/mol. The first-order valence-corrected chi connectivity index (χ1v) is 6.30. The Hall–Kier alpha value is -0.650. The maximum Gasteiger partial charge on any atom is 0.307 e. The lowest BCUT2D eigenvalue weighted by molar-refractivity contribution is -0.147. The van der Waals surface area contributed by atoms with Crippen LogP contribution in [0.25, 0.3) is 0 Å². The van der Waals surface area contributed by atoms with Crippen molar-refractivity contribution in [1.29, 1.82) is 0 Å². The molecule has 100 valence electrons. The third-order valence-corrected chi connectivity index (χ3v) is 2.69. The number of esters is 1. The first-order valence-electron chi connectivity index (χ1n) is 6.30. The summed E-state index contributed by atoms with van der Waals surface area (Å²) in [6.45, 7) is 7.14. The van der Waals surface area contributed by atoms with Crippen LogP contribution >= 0.6 is 0 Å². The predicted octanol–water partition coefficient (Wildman–Crippen LogP) is 1.07. The van der Waals surface area contributed by atoms with Crippen LogP contribution in [0.4, 0.5) is 0 Å². The molecule has 1 aliphatic rings. The Bertz CT molecular complexity index is 227. The van der Waals surface area contributed by atoms with Gasteiger partial charge >= 0.3 is 5.97 Å². The van der Waals surface area contributed by atoms with Crippen LogP contribution in [-0.4, -0.2) is 44.7 Å². The molecule has 5 nitrogen and oxygen atoms in total. The SMILES string of the molecule is CCOC(=O)CCNCCCC1(C)OCCO1. The average molecular weight is 245 g/mol.